The number of aliphatic carboxylic acids is 1. The van der Waals surface area contributed by atoms with Crippen LogP contribution in [0.2, 0.25) is 0 Å². The molecule has 2 bridgehead atoms. The molecule has 3 unspecified atom stereocenters. The summed E-state index contributed by atoms with van der Waals surface area (Å²) >= 11 is 6.91. The van der Waals surface area contributed by atoms with Gasteiger partial charge < -0.3 is 29.4 Å². The number of phenolic OH excluding ortho intramolecular Hbond substituents is 1. The van der Waals surface area contributed by atoms with E-state index in [0.29, 0.717) is 49.5 Å². The first-order chi connectivity index (χ1) is 21.7. The van der Waals surface area contributed by atoms with Gasteiger partial charge in [-0.2, -0.15) is 0 Å². The quantitative estimate of drug-likeness (QED) is 0.187. The van der Waals surface area contributed by atoms with Crippen molar-refractivity contribution in [3.05, 3.63) is 70.8 Å². The van der Waals surface area contributed by atoms with E-state index in [4.69, 9.17) is 26.1 Å². The number of aromatic hydroxyl groups is 1. The Morgan fingerprint density at radius 2 is 1.93 bits per heavy atom. The molecule has 2 aliphatic carbocycles. The van der Waals surface area contributed by atoms with Crippen molar-refractivity contribution in [1.29, 1.82) is 0 Å². The third kappa shape index (κ3) is 6.71. The van der Waals surface area contributed by atoms with E-state index >= 15 is 0 Å². The number of thioether (sulfide) groups is 1. The van der Waals surface area contributed by atoms with Crippen LogP contribution in [0.15, 0.2) is 63.9 Å². The van der Waals surface area contributed by atoms with Crippen molar-refractivity contribution in [3.63, 3.8) is 0 Å². The predicted molar refractivity (Wildman–Crippen MR) is 172 cm³/mol. The first kappa shape index (κ1) is 30.7. The van der Waals surface area contributed by atoms with E-state index in [1.54, 1.807) is 48.5 Å². The number of methoxy groups -OCH3 is 1. The van der Waals surface area contributed by atoms with Crippen molar-refractivity contribution in [2.75, 3.05) is 13.7 Å². The molecule has 2 amide bonds. The van der Waals surface area contributed by atoms with Crippen molar-refractivity contribution in [2.24, 2.45) is 11.8 Å². The van der Waals surface area contributed by atoms with Gasteiger partial charge in [0.15, 0.2) is 18.1 Å². The molecule has 45 heavy (non-hydrogen) atoms. The third-order valence-corrected chi connectivity index (χ3v) is 9.90. The number of benzene rings is 2. The van der Waals surface area contributed by atoms with Crippen molar-refractivity contribution in [3.8, 4) is 28.6 Å². The molecular formula is C33H32N2O8S2. The number of carboxylic acid groups (broad SMARTS) is 1. The summed E-state index contributed by atoms with van der Waals surface area (Å²) < 4.78 is 17.8. The Kier molecular flexibility index (Phi) is 8.86. The molecule has 4 atom stereocenters. The molecule has 1 saturated heterocycles. The number of amides is 2. The topological polar surface area (TPSA) is 139 Å². The number of thiocarbonyl (C=S) groups is 1. The van der Waals surface area contributed by atoms with Gasteiger partial charge in [-0.05, 0) is 79.1 Å². The number of fused-ring (bicyclic) bond motifs is 2. The highest BCUT2D eigenvalue weighted by atomic mass is 32.2. The van der Waals surface area contributed by atoms with Gasteiger partial charge in [-0.1, -0.05) is 42.5 Å². The Balaban J connectivity index is 1.11. The molecule has 2 saturated carbocycles. The smallest absolute Gasteiger partial charge is 0.326 e. The van der Waals surface area contributed by atoms with E-state index in [9.17, 15) is 24.6 Å². The summed E-state index contributed by atoms with van der Waals surface area (Å²) in [5.74, 6) is 1.07. The second-order valence-corrected chi connectivity index (χ2v) is 13.2. The number of carbonyl (C=O) groups excluding carboxylic acids is 2. The van der Waals surface area contributed by atoms with E-state index in [1.807, 2.05) is 4.90 Å². The minimum atomic E-state index is -1.20. The fraction of sp³-hybridized carbons (Fsp3) is 0.333. The lowest BCUT2D eigenvalue weighted by molar-refractivity contribution is -0.142. The number of hydrogen-bond donors (Lipinski definition) is 3. The Bertz CT molecular complexity index is 1670. The van der Waals surface area contributed by atoms with Gasteiger partial charge in [-0.25, -0.2) is 4.79 Å². The average molecular weight is 649 g/mol. The summed E-state index contributed by atoms with van der Waals surface area (Å²) in [5, 5.41) is 21.5. The number of ether oxygens (including phenoxy) is 2. The SMILES string of the molecule is COc1ccc(-c2ccc(C=C3SC(=S)N(C4CC5CCC4C5)C3=O)o2)cc1OCC(=O)N[C@@H](Cc1ccc(O)cc1)C(=O)O. The van der Waals surface area contributed by atoms with Crippen LogP contribution in [0, 0.1) is 11.8 Å². The molecule has 3 N–H and O–H groups in total. The predicted octanol–water partition coefficient (Wildman–Crippen LogP) is 5.24. The molecule has 1 aliphatic heterocycles. The second-order valence-electron chi connectivity index (χ2n) is 11.5. The molecule has 1 aromatic heterocycles. The van der Waals surface area contributed by atoms with Crippen LogP contribution in [0.3, 0.4) is 0 Å². The molecule has 12 heteroatoms. The standard InChI is InChI=1S/C33H32N2O8S2/c1-41-27-10-6-21(15-28(27)42-17-30(37)34-24(32(39)40)13-18-3-7-22(36)8-4-18)26-11-9-23(43-26)16-29-31(38)35(33(44)45-29)25-14-19-2-5-20(25)12-19/h3-4,6-11,15-16,19-20,24-25,36H,2,5,12-14,17H2,1H3,(H,34,37)(H,39,40)/t19?,20?,24-,25?/m0/s1. The van der Waals surface area contributed by atoms with Gasteiger partial charge in [0.2, 0.25) is 0 Å². The summed E-state index contributed by atoms with van der Waals surface area (Å²) in [6.07, 6.45) is 6.38. The third-order valence-electron chi connectivity index (χ3n) is 8.57. The number of furan rings is 1. The van der Waals surface area contributed by atoms with Gasteiger partial charge in [0, 0.05) is 24.1 Å². The Morgan fingerprint density at radius 3 is 2.62 bits per heavy atom. The fourth-order valence-corrected chi connectivity index (χ4v) is 7.75. The van der Waals surface area contributed by atoms with Gasteiger partial charge in [-0.15, -0.1) is 0 Å². The van der Waals surface area contributed by atoms with E-state index in [0.717, 1.165) is 12.8 Å². The molecule has 2 aromatic carbocycles. The van der Waals surface area contributed by atoms with Gasteiger partial charge in [0.25, 0.3) is 11.8 Å². The highest BCUT2D eigenvalue weighted by molar-refractivity contribution is 8.26. The van der Waals surface area contributed by atoms with Crippen LogP contribution >= 0.6 is 24.0 Å². The maximum absolute atomic E-state index is 13.3. The minimum Gasteiger partial charge on any atom is -0.508 e. The molecule has 3 aromatic rings. The number of hydrogen-bond acceptors (Lipinski definition) is 9. The van der Waals surface area contributed by atoms with E-state index in [-0.39, 0.29) is 29.9 Å². The lowest BCUT2D eigenvalue weighted by Crippen LogP contribution is -2.44. The number of nitrogens with zero attached hydrogens (tertiary/aromatic N) is 1. The van der Waals surface area contributed by atoms with Crippen molar-refractivity contribution < 1.29 is 38.5 Å². The van der Waals surface area contributed by atoms with E-state index in [1.165, 1.54) is 43.8 Å². The molecular weight excluding hydrogens is 617 g/mol. The van der Waals surface area contributed by atoms with Crippen LogP contribution in [0.1, 0.15) is 37.0 Å². The fourth-order valence-electron chi connectivity index (χ4n) is 6.40. The molecule has 0 radical (unpaired) electrons. The van der Waals surface area contributed by atoms with Crippen LogP contribution in [-0.4, -0.2) is 63.0 Å². The van der Waals surface area contributed by atoms with Crippen molar-refractivity contribution >= 4 is 52.2 Å². The summed E-state index contributed by atoms with van der Waals surface area (Å²) in [4.78, 5) is 40.1. The van der Waals surface area contributed by atoms with Gasteiger partial charge in [-0.3, -0.25) is 14.5 Å². The summed E-state index contributed by atoms with van der Waals surface area (Å²) in [6.45, 7) is -0.451. The lowest BCUT2D eigenvalue weighted by atomic mass is 9.94. The summed E-state index contributed by atoms with van der Waals surface area (Å²) in [6, 6.07) is 13.8. The van der Waals surface area contributed by atoms with Crippen LogP contribution < -0.4 is 14.8 Å². The maximum atomic E-state index is 13.3. The zero-order chi connectivity index (χ0) is 31.7. The number of carbonyl (C=O) groups is 3. The van der Waals surface area contributed by atoms with Crippen LogP contribution in [-0.2, 0) is 20.8 Å². The van der Waals surface area contributed by atoms with Crippen LogP contribution in [0.5, 0.6) is 17.2 Å². The average Bonchev–Trinajstić information content (AvgIpc) is 3.82. The van der Waals surface area contributed by atoms with Crippen LogP contribution in [0.25, 0.3) is 17.4 Å². The molecule has 3 fully saturated rings. The van der Waals surface area contributed by atoms with E-state index < -0.39 is 24.5 Å². The number of carboxylic acids is 1. The molecule has 6 rings (SSSR count). The summed E-state index contributed by atoms with van der Waals surface area (Å²) in [7, 11) is 1.47. The Morgan fingerprint density at radius 1 is 1.13 bits per heavy atom. The molecule has 10 nitrogen and oxygen atoms in total. The highest BCUT2D eigenvalue weighted by Gasteiger charge is 2.48. The highest BCUT2D eigenvalue weighted by Crippen LogP contribution is 2.49. The largest absolute Gasteiger partial charge is 0.508 e. The van der Waals surface area contributed by atoms with Crippen LogP contribution in [0.4, 0.5) is 0 Å². The number of phenols is 1. The Labute approximate surface area is 269 Å². The Hall–Kier alpha value is -4.29. The first-order valence-corrected chi connectivity index (χ1v) is 15.9. The maximum Gasteiger partial charge on any atom is 0.326 e. The molecule has 234 valence electrons. The van der Waals surface area contributed by atoms with Crippen molar-refractivity contribution in [2.45, 2.75) is 44.2 Å². The second kappa shape index (κ2) is 13.0. The van der Waals surface area contributed by atoms with Crippen molar-refractivity contribution in [1.82, 2.24) is 10.2 Å². The molecule has 3 aliphatic rings. The summed E-state index contributed by atoms with van der Waals surface area (Å²) in [5.41, 5.74) is 1.29. The number of nitrogens with one attached hydrogen (secondary N) is 1. The molecule has 2 heterocycles. The van der Waals surface area contributed by atoms with Gasteiger partial charge >= 0.3 is 5.97 Å². The molecule has 0 spiro atoms. The van der Waals surface area contributed by atoms with Gasteiger partial charge in [0.05, 0.1) is 12.0 Å². The zero-order valence-electron chi connectivity index (χ0n) is 24.4. The monoisotopic (exact) mass is 648 g/mol. The minimum absolute atomic E-state index is 0.0344. The first-order valence-electron chi connectivity index (χ1n) is 14.7. The van der Waals surface area contributed by atoms with Gasteiger partial charge in [0.1, 0.15) is 27.6 Å². The lowest BCUT2D eigenvalue weighted by Gasteiger charge is -2.30. The normalized spacial score (nSPS) is 22.2. The van der Waals surface area contributed by atoms with E-state index in [2.05, 4.69) is 5.32 Å². The zero-order valence-corrected chi connectivity index (χ0v) is 26.1. The number of rotatable bonds is 11.